The lowest BCUT2D eigenvalue weighted by molar-refractivity contribution is 0.112. The molecule has 0 radical (unpaired) electrons. The number of hydrogen-bond donors (Lipinski definition) is 1. The Balaban J connectivity index is 2.10. The van der Waals surface area contributed by atoms with Crippen molar-refractivity contribution in [2.45, 2.75) is 26.4 Å². The summed E-state index contributed by atoms with van der Waals surface area (Å²) in [6.07, 6.45) is 3.17. The predicted octanol–water partition coefficient (Wildman–Crippen LogP) is 2.73. The Morgan fingerprint density at radius 3 is 2.67 bits per heavy atom. The number of rotatable bonds is 6. The summed E-state index contributed by atoms with van der Waals surface area (Å²) in [6.45, 7) is 3.01. The van der Waals surface area contributed by atoms with Crippen molar-refractivity contribution in [1.29, 1.82) is 0 Å². The highest BCUT2D eigenvalue weighted by Gasteiger charge is 2.08. The molecule has 110 valence electrons. The Kier molecular flexibility index (Phi) is 5.11. The predicted molar refractivity (Wildman–Crippen MR) is 83.0 cm³/mol. The first kappa shape index (κ1) is 15.3. The first-order chi connectivity index (χ1) is 10.2. The van der Waals surface area contributed by atoms with E-state index in [-0.39, 0.29) is 10.6 Å². The Morgan fingerprint density at radius 1 is 1.33 bits per heavy atom. The molecule has 1 N–H and O–H groups in total. The number of aryl methyl sites for hydroxylation is 1. The van der Waals surface area contributed by atoms with Crippen molar-refractivity contribution in [1.82, 2.24) is 9.78 Å². The number of benzene rings is 1. The van der Waals surface area contributed by atoms with Gasteiger partial charge in [-0.15, -0.1) is 0 Å². The quantitative estimate of drug-likeness (QED) is 0.834. The van der Waals surface area contributed by atoms with Crippen molar-refractivity contribution < 1.29 is 4.79 Å². The van der Waals surface area contributed by atoms with E-state index in [2.05, 4.69) is 10.4 Å². The lowest BCUT2D eigenvalue weighted by Crippen LogP contribution is -2.24. The fourth-order valence-electron chi connectivity index (χ4n) is 1.87. The van der Waals surface area contributed by atoms with Gasteiger partial charge in [-0.05, 0) is 12.0 Å². The maximum Gasteiger partial charge on any atom is 0.287 e. The standard InChI is InChI=1S/C15H16ClN3O2/c1-2-7-19-15(21)14(16)13(9-18-19)17-8-11-3-5-12(10-20)6-4-11/h3-6,9-10,17H,2,7-8H2,1H3. The summed E-state index contributed by atoms with van der Waals surface area (Å²) in [5, 5.41) is 7.30. The Hall–Kier alpha value is -2.14. The molecule has 0 aliphatic rings. The normalized spacial score (nSPS) is 10.4. The van der Waals surface area contributed by atoms with Crippen LogP contribution in [0.3, 0.4) is 0 Å². The molecule has 0 spiro atoms. The van der Waals surface area contributed by atoms with Gasteiger partial charge in [0.15, 0.2) is 0 Å². The summed E-state index contributed by atoms with van der Waals surface area (Å²) in [7, 11) is 0. The highest BCUT2D eigenvalue weighted by molar-refractivity contribution is 6.32. The van der Waals surface area contributed by atoms with Gasteiger partial charge < -0.3 is 5.32 Å². The molecule has 1 heterocycles. The van der Waals surface area contributed by atoms with Crippen LogP contribution in [0.5, 0.6) is 0 Å². The maximum absolute atomic E-state index is 12.0. The van der Waals surface area contributed by atoms with Gasteiger partial charge in [-0.25, -0.2) is 4.68 Å². The number of nitrogens with zero attached hydrogens (tertiary/aromatic N) is 2. The molecule has 0 aliphatic carbocycles. The highest BCUT2D eigenvalue weighted by atomic mass is 35.5. The molecule has 0 saturated carbocycles. The number of carbonyl (C=O) groups is 1. The van der Waals surface area contributed by atoms with Gasteiger partial charge in [0.2, 0.25) is 0 Å². The van der Waals surface area contributed by atoms with Crippen molar-refractivity contribution in [3.8, 4) is 0 Å². The first-order valence-corrected chi connectivity index (χ1v) is 7.07. The van der Waals surface area contributed by atoms with Crippen molar-refractivity contribution >= 4 is 23.6 Å². The van der Waals surface area contributed by atoms with Gasteiger partial charge in [0.1, 0.15) is 11.3 Å². The molecule has 0 amide bonds. The summed E-state index contributed by atoms with van der Waals surface area (Å²) in [6, 6.07) is 7.17. The Labute approximate surface area is 127 Å². The van der Waals surface area contributed by atoms with Gasteiger partial charge in [0, 0.05) is 18.7 Å². The van der Waals surface area contributed by atoms with Crippen LogP contribution in [0.2, 0.25) is 5.02 Å². The molecular formula is C15H16ClN3O2. The van der Waals surface area contributed by atoms with Crippen LogP contribution in [0.15, 0.2) is 35.3 Å². The highest BCUT2D eigenvalue weighted by Crippen LogP contribution is 2.16. The average molecular weight is 306 g/mol. The van der Waals surface area contributed by atoms with Crippen molar-refractivity contribution in [2.75, 3.05) is 5.32 Å². The van der Waals surface area contributed by atoms with Crippen LogP contribution in [-0.2, 0) is 13.1 Å². The van der Waals surface area contributed by atoms with Gasteiger partial charge in [0.25, 0.3) is 5.56 Å². The maximum atomic E-state index is 12.0. The monoisotopic (exact) mass is 305 g/mol. The second kappa shape index (κ2) is 7.04. The van der Waals surface area contributed by atoms with Crippen LogP contribution in [-0.4, -0.2) is 16.1 Å². The molecule has 0 saturated heterocycles. The SMILES string of the molecule is CCCn1ncc(NCc2ccc(C=O)cc2)c(Cl)c1=O. The fraction of sp³-hybridized carbons (Fsp3) is 0.267. The van der Waals surface area contributed by atoms with E-state index in [1.165, 1.54) is 4.68 Å². The number of hydrogen-bond acceptors (Lipinski definition) is 4. The molecular weight excluding hydrogens is 290 g/mol. The van der Waals surface area contributed by atoms with Crippen LogP contribution >= 0.6 is 11.6 Å². The lowest BCUT2D eigenvalue weighted by atomic mass is 10.1. The third-order valence-corrected chi connectivity index (χ3v) is 3.38. The minimum absolute atomic E-state index is 0.142. The van der Waals surface area contributed by atoms with Gasteiger partial charge in [-0.1, -0.05) is 42.8 Å². The molecule has 6 heteroatoms. The van der Waals surface area contributed by atoms with Crippen LogP contribution in [0.4, 0.5) is 5.69 Å². The third-order valence-electron chi connectivity index (χ3n) is 3.02. The van der Waals surface area contributed by atoms with Gasteiger partial charge in [0.05, 0.1) is 11.9 Å². The molecule has 2 aromatic rings. The van der Waals surface area contributed by atoms with Gasteiger partial charge in [-0.3, -0.25) is 9.59 Å². The van der Waals surface area contributed by atoms with Crippen molar-refractivity contribution in [2.24, 2.45) is 0 Å². The summed E-state index contributed by atoms with van der Waals surface area (Å²) < 4.78 is 1.35. The third kappa shape index (κ3) is 3.70. The number of anilines is 1. The average Bonchev–Trinajstić information content (AvgIpc) is 2.52. The van der Waals surface area contributed by atoms with Gasteiger partial charge in [-0.2, -0.15) is 5.10 Å². The number of carbonyl (C=O) groups excluding carboxylic acids is 1. The van der Waals surface area contributed by atoms with E-state index in [0.717, 1.165) is 18.3 Å². The summed E-state index contributed by atoms with van der Waals surface area (Å²) in [5.41, 5.74) is 1.82. The summed E-state index contributed by atoms with van der Waals surface area (Å²) >= 11 is 6.07. The summed E-state index contributed by atoms with van der Waals surface area (Å²) in [4.78, 5) is 22.6. The molecule has 1 aromatic carbocycles. The molecule has 21 heavy (non-hydrogen) atoms. The van der Waals surface area contributed by atoms with E-state index in [0.29, 0.717) is 24.3 Å². The Bertz CT molecular complexity index is 680. The van der Waals surface area contributed by atoms with E-state index >= 15 is 0 Å². The lowest BCUT2D eigenvalue weighted by Gasteiger charge is -2.10. The van der Waals surface area contributed by atoms with E-state index in [1.807, 2.05) is 19.1 Å². The molecule has 0 unspecified atom stereocenters. The van der Waals surface area contributed by atoms with E-state index in [9.17, 15) is 9.59 Å². The zero-order chi connectivity index (χ0) is 15.2. The largest absolute Gasteiger partial charge is 0.378 e. The molecule has 0 atom stereocenters. The zero-order valence-corrected chi connectivity index (χ0v) is 12.4. The smallest absolute Gasteiger partial charge is 0.287 e. The van der Waals surface area contributed by atoms with Crippen LogP contribution in [0, 0.1) is 0 Å². The first-order valence-electron chi connectivity index (χ1n) is 6.69. The molecule has 1 aromatic heterocycles. The van der Waals surface area contributed by atoms with Crippen LogP contribution in [0.25, 0.3) is 0 Å². The minimum atomic E-state index is -0.292. The topological polar surface area (TPSA) is 64.0 Å². The van der Waals surface area contributed by atoms with Gasteiger partial charge >= 0.3 is 0 Å². The molecule has 2 rings (SSSR count). The zero-order valence-electron chi connectivity index (χ0n) is 11.7. The molecule has 0 aliphatic heterocycles. The summed E-state index contributed by atoms with van der Waals surface area (Å²) in [5.74, 6) is 0. The number of halogens is 1. The fourth-order valence-corrected chi connectivity index (χ4v) is 2.08. The molecule has 0 bridgehead atoms. The van der Waals surface area contributed by atoms with E-state index in [4.69, 9.17) is 11.6 Å². The van der Waals surface area contributed by atoms with E-state index < -0.39 is 0 Å². The van der Waals surface area contributed by atoms with Crippen LogP contribution < -0.4 is 10.9 Å². The Morgan fingerprint density at radius 2 is 2.05 bits per heavy atom. The van der Waals surface area contributed by atoms with Crippen molar-refractivity contribution in [3.63, 3.8) is 0 Å². The minimum Gasteiger partial charge on any atom is -0.378 e. The number of aldehydes is 1. The number of nitrogens with one attached hydrogen (secondary N) is 1. The molecule has 5 nitrogen and oxygen atoms in total. The second-order valence-corrected chi connectivity index (χ2v) is 4.99. The second-order valence-electron chi connectivity index (χ2n) is 4.61. The van der Waals surface area contributed by atoms with Crippen molar-refractivity contribution in [3.05, 3.63) is 57.0 Å². The van der Waals surface area contributed by atoms with Crippen LogP contribution in [0.1, 0.15) is 29.3 Å². The van der Waals surface area contributed by atoms with E-state index in [1.54, 1.807) is 18.3 Å². The number of aromatic nitrogens is 2. The molecule has 0 fully saturated rings.